The summed E-state index contributed by atoms with van der Waals surface area (Å²) in [6, 6.07) is 13.3. The van der Waals surface area contributed by atoms with Crippen molar-refractivity contribution < 1.29 is 0 Å². The van der Waals surface area contributed by atoms with Crippen molar-refractivity contribution in [2.24, 2.45) is 5.10 Å². The number of anilines is 1. The molecule has 1 aromatic carbocycles. The molecule has 4 nitrogen and oxygen atoms in total. The largest absolute Gasteiger partial charge is 0.255 e. The molecule has 0 spiro atoms. The number of aromatic nitrogens is 2. The first-order valence-corrected chi connectivity index (χ1v) is 7.91. The Morgan fingerprint density at radius 1 is 1.18 bits per heavy atom. The lowest BCUT2D eigenvalue weighted by Crippen LogP contribution is -2.01. The standard InChI is InChI=1S/C16H13ClN4S/c1-11(14-4-2-3-9-18-14)20-21-16-19-15(10-22-16)12-5-7-13(17)8-6-12/h2-10H,1H3,(H,19,21)/b20-11-. The first-order valence-electron chi connectivity index (χ1n) is 6.65. The van der Waals surface area contributed by atoms with Gasteiger partial charge in [-0.3, -0.25) is 10.4 Å². The van der Waals surface area contributed by atoms with E-state index < -0.39 is 0 Å². The minimum atomic E-state index is 0.716. The smallest absolute Gasteiger partial charge is 0.203 e. The number of thiazole rings is 1. The number of rotatable bonds is 4. The van der Waals surface area contributed by atoms with Crippen molar-refractivity contribution in [3.05, 3.63) is 64.8 Å². The van der Waals surface area contributed by atoms with E-state index in [9.17, 15) is 0 Å². The van der Waals surface area contributed by atoms with E-state index in [2.05, 4.69) is 20.5 Å². The van der Waals surface area contributed by atoms with Crippen LogP contribution in [0.3, 0.4) is 0 Å². The normalized spacial score (nSPS) is 11.5. The molecular formula is C16H13ClN4S. The van der Waals surface area contributed by atoms with Crippen LogP contribution in [0.25, 0.3) is 11.3 Å². The molecule has 0 aliphatic carbocycles. The van der Waals surface area contributed by atoms with Crippen LogP contribution in [0.2, 0.25) is 5.02 Å². The lowest BCUT2D eigenvalue weighted by Gasteiger charge is -2.00. The first kappa shape index (κ1) is 14.7. The monoisotopic (exact) mass is 328 g/mol. The zero-order valence-electron chi connectivity index (χ0n) is 11.8. The molecule has 1 N–H and O–H groups in total. The zero-order valence-corrected chi connectivity index (χ0v) is 13.4. The number of hydrogen-bond donors (Lipinski definition) is 1. The predicted molar refractivity (Wildman–Crippen MR) is 92.6 cm³/mol. The molecule has 0 radical (unpaired) electrons. The molecule has 0 unspecified atom stereocenters. The van der Waals surface area contributed by atoms with Gasteiger partial charge in [0.15, 0.2) is 0 Å². The van der Waals surface area contributed by atoms with E-state index in [1.165, 1.54) is 11.3 Å². The van der Waals surface area contributed by atoms with Gasteiger partial charge in [0, 0.05) is 22.2 Å². The Labute approximate surface area is 137 Å². The fourth-order valence-electron chi connectivity index (χ4n) is 1.84. The van der Waals surface area contributed by atoms with Gasteiger partial charge in [-0.15, -0.1) is 11.3 Å². The van der Waals surface area contributed by atoms with E-state index >= 15 is 0 Å². The van der Waals surface area contributed by atoms with Gasteiger partial charge < -0.3 is 0 Å². The van der Waals surface area contributed by atoms with E-state index in [1.54, 1.807) is 6.20 Å². The van der Waals surface area contributed by atoms with Gasteiger partial charge in [-0.2, -0.15) is 5.10 Å². The summed E-state index contributed by atoms with van der Waals surface area (Å²) in [4.78, 5) is 8.76. The highest BCUT2D eigenvalue weighted by Gasteiger charge is 2.04. The number of benzene rings is 1. The molecule has 22 heavy (non-hydrogen) atoms. The summed E-state index contributed by atoms with van der Waals surface area (Å²) in [5, 5.41) is 7.75. The molecule has 0 saturated heterocycles. The molecule has 2 aromatic heterocycles. The van der Waals surface area contributed by atoms with Gasteiger partial charge >= 0.3 is 0 Å². The highest BCUT2D eigenvalue weighted by Crippen LogP contribution is 2.25. The minimum absolute atomic E-state index is 0.716. The lowest BCUT2D eigenvalue weighted by molar-refractivity contribution is 1.23. The van der Waals surface area contributed by atoms with Crippen LogP contribution in [-0.2, 0) is 0 Å². The molecule has 0 bridgehead atoms. The third-order valence-corrected chi connectivity index (χ3v) is 4.00. The van der Waals surface area contributed by atoms with Crippen LogP contribution in [0, 0.1) is 0 Å². The van der Waals surface area contributed by atoms with Gasteiger partial charge in [0.2, 0.25) is 5.13 Å². The van der Waals surface area contributed by atoms with Crippen molar-refractivity contribution in [2.75, 3.05) is 5.43 Å². The van der Waals surface area contributed by atoms with E-state index in [0.717, 1.165) is 27.8 Å². The number of nitrogens with zero attached hydrogens (tertiary/aromatic N) is 3. The summed E-state index contributed by atoms with van der Waals surface area (Å²) in [5.74, 6) is 0. The number of halogens is 1. The SMILES string of the molecule is C/C(=N/Nc1nc(-c2ccc(Cl)cc2)cs1)c1ccccn1. The van der Waals surface area contributed by atoms with Crippen LogP contribution < -0.4 is 5.43 Å². The molecular weight excluding hydrogens is 316 g/mol. The van der Waals surface area contributed by atoms with E-state index in [-0.39, 0.29) is 0 Å². The molecule has 0 aliphatic rings. The van der Waals surface area contributed by atoms with Gasteiger partial charge in [0.25, 0.3) is 0 Å². The van der Waals surface area contributed by atoms with Crippen molar-refractivity contribution in [3.8, 4) is 11.3 Å². The molecule has 0 aliphatic heterocycles. The summed E-state index contributed by atoms with van der Waals surface area (Å²) >= 11 is 7.40. The van der Waals surface area contributed by atoms with Gasteiger partial charge in [-0.25, -0.2) is 4.98 Å². The number of nitrogens with one attached hydrogen (secondary N) is 1. The van der Waals surface area contributed by atoms with Crippen LogP contribution in [0.5, 0.6) is 0 Å². The third kappa shape index (κ3) is 3.50. The Balaban J connectivity index is 1.73. The molecule has 0 amide bonds. The Morgan fingerprint density at radius 3 is 2.73 bits per heavy atom. The maximum absolute atomic E-state index is 5.89. The van der Waals surface area contributed by atoms with Crippen LogP contribution in [0.1, 0.15) is 12.6 Å². The maximum atomic E-state index is 5.89. The number of pyridine rings is 1. The topological polar surface area (TPSA) is 50.2 Å². The lowest BCUT2D eigenvalue weighted by atomic mass is 10.2. The predicted octanol–water partition coefficient (Wildman–Crippen LogP) is 4.69. The Kier molecular flexibility index (Phi) is 4.46. The third-order valence-electron chi connectivity index (χ3n) is 3.00. The van der Waals surface area contributed by atoms with Crippen LogP contribution >= 0.6 is 22.9 Å². The van der Waals surface area contributed by atoms with Crippen molar-refractivity contribution >= 4 is 33.8 Å². The summed E-state index contributed by atoms with van der Waals surface area (Å²) in [5.41, 5.74) is 6.55. The van der Waals surface area contributed by atoms with Crippen molar-refractivity contribution in [1.82, 2.24) is 9.97 Å². The molecule has 3 rings (SSSR count). The molecule has 0 atom stereocenters. The highest BCUT2D eigenvalue weighted by molar-refractivity contribution is 7.14. The van der Waals surface area contributed by atoms with Crippen molar-refractivity contribution in [1.29, 1.82) is 0 Å². The average molecular weight is 329 g/mol. The van der Waals surface area contributed by atoms with Crippen molar-refractivity contribution in [2.45, 2.75) is 6.92 Å². The van der Waals surface area contributed by atoms with E-state index in [4.69, 9.17) is 11.6 Å². The van der Waals surface area contributed by atoms with E-state index in [0.29, 0.717) is 5.02 Å². The highest BCUT2D eigenvalue weighted by atomic mass is 35.5. The molecule has 0 saturated carbocycles. The summed E-state index contributed by atoms with van der Waals surface area (Å²) in [7, 11) is 0. The van der Waals surface area contributed by atoms with Gasteiger partial charge in [0.1, 0.15) is 0 Å². The summed E-state index contributed by atoms with van der Waals surface area (Å²) in [6.45, 7) is 1.91. The molecule has 2 heterocycles. The zero-order chi connectivity index (χ0) is 15.4. The van der Waals surface area contributed by atoms with Gasteiger partial charge in [-0.1, -0.05) is 29.8 Å². The quantitative estimate of drug-likeness (QED) is 0.558. The van der Waals surface area contributed by atoms with Gasteiger partial charge in [-0.05, 0) is 31.2 Å². The number of hydrogen-bond acceptors (Lipinski definition) is 5. The maximum Gasteiger partial charge on any atom is 0.203 e. The van der Waals surface area contributed by atoms with Crippen LogP contribution in [0.15, 0.2) is 59.1 Å². The average Bonchev–Trinajstić information content (AvgIpc) is 3.03. The fraction of sp³-hybridized carbons (Fsp3) is 0.0625. The Hall–Kier alpha value is -2.24. The van der Waals surface area contributed by atoms with Crippen molar-refractivity contribution in [3.63, 3.8) is 0 Å². The summed E-state index contributed by atoms with van der Waals surface area (Å²) in [6.07, 6.45) is 1.75. The molecule has 6 heteroatoms. The Bertz CT molecular complexity index is 781. The second-order valence-corrected chi connectivity index (χ2v) is 5.86. The fourth-order valence-corrected chi connectivity index (χ4v) is 2.63. The molecule has 110 valence electrons. The minimum Gasteiger partial charge on any atom is -0.255 e. The second-order valence-electron chi connectivity index (χ2n) is 4.57. The van der Waals surface area contributed by atoms with E-state index in [1.807, 2.05) is 54.8 Å². The van der Waals surface area contributed by atoms with Crippen LogP contribution in [-0.4, -0.2) is 15.7 Å². The second kappa shape index (κ2) is 6.68. The first-order chi connectivity index (χ1) is 10.7. The molecule has 0 fully saturated rings. The van der Waals surface area contributed by atoms with Crippen LogP contribution in [0.4, 0.5) is 5.13 Å². The molecule has 3 aromatic rings. The summed E-state index contributed by atoms with van der Waals surface area (Å²) < 4.78 is 0. The number of hydrazone groups is 1. The van der Waals surface area contributed by atoms with Gasteiger partial charge in [0.05, 0.1) is 17.1 Å². The Morgan fingerprint density at radius 2 is 2.00 bits per heavy atom.